The summed E-state index contributed by atoms with van der Waals surface area (Å²) in [5.41, 5.74) is 4.12. The summed E-state index contributed by atoms with van der Waals surface area (Å²) >= 11 is 1.43. The molecule has 0 bridgehead atoms. The minimum atomic E-state index is -0.0538. The van der Waals surface area contributed by atoms with Gasteiger partial charge in [-0.1, -0.05) is 31.2 Å². The Bertz CT molecular complexity index is 854. The van der Waals surface area contributed by atoms with Crippen LogP contribution in [0.2, 0.25) is 0 Å². The van der Waals surface area contributed by atoms with Gasteiger partial charge < -0.3 is 10.1 Å². The van der Waals surface area contributed by atoms with Crippen LogP contribution in [0.5, 0.6) is 5.75 Å². The summed E-state index contributed by atoms with van der Waals surface area (Å²) < 4.78 is 5.45. The molecule has 26 heavy (non-hydrogen) atoms. The van der Waals surface area contributed by atoms with Gasteiger partial charge in [0, 0.05) is 10.9 Å². The zero-order chi connectivity index (χ0) is 18.4. The summed E-state index contributed by atoms with van der Waals surface area (Å²) in [7, 11) is 0. The van der Waals surface area contributed by atoms with Crippen molar-refractivity contribution in [1.82, 2.24) is 4.98 Å². The number of anilines is 1. The lowest BCUT2D eigenvalue weighted by Crippen LogP contribution is -2.14. The van der Waals surface area contributed by atoms with Crippen molar-refractivity contribution in [3.8, 4) is 17.0 Å². The topological polar surface area (TPSA) is 51.2 Å². The Kier molecular flexibility index (Phi) is 6.02. The van der Waals surface area contributed by atoms with Crippen molar-refractivity contribution in [2.75, 3.05) is 11.9 Å². The highest BCUT2D eigenvalue weighted by atomic mass is 32.1. The number of carbonyl (C=O) groups excluding carboxylic acids is 1. The molecule has 0 saturated heterocycles. The molecule has 0 radical (unpaired) electrons. The van der Waals surface area contributed by atoms with E-state index in [1.807, 2.05) is 48.7 Å². The minimum absolute atomic E-state index is 0.0538. The van der Waals surface area contributed by atoms with Gasteiger partial charge in [-0.2, -0.15) is 0 Å². The van der Waals surface area contributed by atoms with Crippen LogP contribution >= 0.6 is 11.3 Å². The highest BCUT2D eigenvalue weighted by molar-refractivity contribution is 7.14. The predicted molar refractivity (Wildman–Crippen MR) is 107 cm³/mol. The number of ether oxygens (including phenoxy) is 1. The van der Waals surface area contributed by atoms with Gasteiger partial charge in [0.2, 0.25) is 5.91 Å². The maximum Gasteiger partial charge on any atom is 0.230 e. The molecule has 1 aromatic heterocycles. The molecule has 0 unspecified atom stereocenters. The Morgan fingerprint density at radius 3 is 2.38 bits per heavy atom. The van der Waals surface area contributed by atoms with Crippen molar-refractivity contribution in [2.45, 2.75) is 26.7 Å². The van der Waals surface area contributed by atoms with Gasteiger partial charge in [0.25, 0.3) is 0 Å². The van der Waals surface area contributed by atoms with Gasteiger partial charge in [-0.25, -0.2) is 4.98 Å². The minimum Gasteiger partial charge on any atom is -0.494 e. The van der Waals surface area contributed by atoms with E-state index in [9.17, 15) is 4.79 Å². The molecule has 1 N–H and O–H groups in total. The van der Waals surface area contributed by atoms with E-state index in [2.05, 4.69) is 29.4 Å². The average Bonchev–Trinajstić information content (AvgIpc) is 3.11. The highest BCUT2D eigenvalue weighted by Gasteiger charge is 2.09. The number of thiazole rings is 1. The molecule has 1 heterocycles. The molecule has 0 atom stereocenters. The van der Waals surface area contributed by atoms with Gasteiger partial charge in [0.05, 0.1) is 18.7 Å². The molecule has 0 saturated carbocycles. The number of hydrogen-bond acceptors (Lipinski definition) is 4. The first kappa shape index (κ1) is 18.1. The lowest BCUT2D eigenvalue weighted by molar-refractivity contribution is -0.115. The highest BCUT2D eigenvalue weighted by Crippen LogP contribution is 2.26. The Morgan fingerprint density at radius 1 is 1.04 bits per heavy atom. The van der Waals surface area contributed by atoms with Crippen LogP contribution in [-0.2, 0) is 17.6 Å². The quantitative estimate of drug-likeness (QED) is 0.643. The van der Waals surface area contributed by atoms with Gasteiger partial charge in [0.15, 0.2) is 5.13 Å². The molecule has 4 nitrogen and oxygen atoms in total. The number of hydrogen-bond donors (Lipinski definition) is 1. The van der Waals surface area contributed by atoms with E-state index in [1.165, 1.54) is 16.9 Å². The number of nitrogens with zero attached hydrogens (tertiary/aromatic N) is 1. The normalized spacial score (nSPS) is 10.5. The third-order valence-corrected chi connectivity index (χ3v) is 4.77. The number of amides is 1. The number of nitrogens with one attached hydrogen (secondary N) is 1. The van der Waals surface area contributed by atoms with Crippen LogP contribution in [0.1, 0.15) is 25.0 Å². The van der Waals surface area contributed by atoms with Gasteiger partial charge in [0.1, 0.15) is 5.75 Å². The molecule has 0 aliphatic heterocycles. The standard InChI is InChI=1S/C21H22N2O2S/c1-3-15-5-7-16(8-6-15)13-20(24)23-21-22-19(14-26-21)17-9-11-18(12-10-17)25-4-2/h5-12,14H,3-4,13H2,1-2H3,(H,22,23,24). The Balaban J connectivity index is 1.61. The fourth-order valence-electron chi connectivity index (χ4n) is 2.59. The van der Waals surface area contributed by atoms with Crippen molar-refractivity contribution in [3.63, 3.8) is 0 Å². The van der Waals surface area contributed by atoms with E-state index in [0.29, 0.717) is 18.2 Å². The van der Waals surface area contributed by atoms with Gasteiger partial charge in [-0.15, -0.1) is 11.3 Å². The molecule has 2 aromatic carbocycles. The fraction of sp³-hybridized carbons (Fsp3) is 0.238. The van der Waals surface area contributed by atoms with E-state index in [-0.39, 0.29) is 5.91 Å². The summed E-state index contributed by atoms with van der Waals surface area (Å²) in [6, 6.07) is 15.9. The lowest BCUT2D eigenvalue weighted by atomic mass is 10.1. The van der Waals surface area contributed by atoms with Crippen LogP contribution in [0.3, 0.4) is 0 Å². The maximum absolute atomic E-state index is 12.2. The number of rotatable bonds is 7. The van der Waals surface area contributed by atoms with Crippen LogP contribution in [0.15, 0.2) is 53.9 Å². The van der Waals surface area contributed by atoms with E-state index >= 15 is 0 Å². The summed E-state index contributed by atoms with van der Waals surface area (Å²) in [6.45, 7) is 4.72. The first-order chi connectivity index (χ1) is 12.7. The molecular weight excluding hydrogens is 344 g/mol. The second kappa shape index (κ2) is 8.63. The van der Waals surface area contributed by atoms with E-state index in [4.69, 9.17) is 4.74 Å². The lowest BCUT2D eigenvalue weighted by Gasteiger charge is -2.04. The molecule has 134 valence electrons. The molecule has 3 rings (SSSR count). The number of aromatic nitrogens is 1. The monoisotopic (exact) mass is 366 g/mol. The van der Waals surface area contributed by atoms with Crippen molar-refractivity contribution < 1.29 is 9.53 Å². The van der Waals surface area contributed by atoms with Crippen molar-refractivity contribution in [1.29, 1.82) is 0 Å². The van der Waals surface area contributed by atoms with Crippen LogP contribution in [0.4, 0.5) is 5.13 Å². The summed E-state index contributed by atoms with van der Waals surface area (Å²) in [5, 5.41) is 5.45. The van der Waals surface area contributed by atoms with Gasteiger partial charge in [-0.3, -0.25) is 4.79 Å². The first-order valence-corrected chi connectivity index (χ1v) is 9.62. The molecule has 1 amide bonds. The molecule has 0 fully saturated rings. The molecule has 3 aromatic rings. The molecular formula is C21H22N2O2S. The zero-order valence-corrected chi connectivity index (χ0v) is 15.8. The van der Waals surface area contributed by atoms with Crippen LogP contribution in [-0.4, -0.2) is 17.5 Å². The molecule has 5 heteroatoms. The number of benzene rings is 2. The zero-order valence-electron chi connectivity index (χ0n) is 15.0. The predicted octanol–water partition coefficient (Wildman–Crippen LogP) is 4.95. The second-order valence-corrected chi connectivity index (χ2v) is 6.75. The van der Waals surface area contributed by atoms with E-state index in [1.54, 1.807) is 0 Å². The third-order valence-electron chi connectivity index (χ3n) is 4.01. The number of carbonyl (C=O) groups is 1. The van der Waals surface area contributed by atoms with Crippen molar-refractivity contribution in [3.05, 3.63) is 65.0 Å². The smallest absolute Gasteiger partial charge is 0.230 e. The Morgan fingerprint density at radius 2 is 1.73 bits per heavy atom. The van der Waals surface area contributed by atoms with Crippen LogP contribution < -0.4 is 10.1 Å². The van der Waals surface area contributed by atoms with Crippen LogP contribution in [0, 0.1) is 0 Å². The maximum atomic E-state index is 12.2. The van der Waals surface area contributed by atoms with Crippen molar-refractivity contribution in [2.24, 2.45) is 0 Å². The van der Waals surface area contributed by atoms with E-state index in [0.717, 1.165) is 29.0 Å². The first-order valence-electron chi connectivity index (χ1n) is 8.74. The Hall–Kier alpha value is -2.66. The van der Waals surface area contributed by atoms with Crippen LogP contribution in [0.25, 0.3) is 11.3 Å². The Labute approximate surface area is 157 Å². The van der Waals surface area contributed by atoms with Gasteiger partial charge >= 0.3 is 0 Å². The average molecular weight is 366 g/mol. The van der Waals surface area contributed by atoms with Gasteiger partial charge in [-0.05, 0) is 48.7 Å². The molecule has 0 aliphatic carbocycles. The summed E-state index contributed by atoms with van der Waals surface area (Å²) in [6.07, 6.45) is 1.35. The summed E-state index contributed by atoms with van der Waals surface area (Å²) in [5.74, 6) is 0.788. The summed E-state index contributed by atoms with van der Waals surface area (Å²) in [4.78, 5) is 16.7. The SMILES string of the molecule is CCOc1ccc(-c2csc(NC(=O)Cc3ccc(CC)cc3)n2)cc1. The van der Waals surface area contributed by atoms with E-state index < -0.39 is 0 Å². The molecule has 0 spiro atoms. The third kappa shape index (κ3) is 4.70. The van der Waals surface area contributed by atoms with Crippen molar-refractivity contribution >= 4 is 22.4 Å². The largest absolute Gasteiger partial charge is 0.494 e. The molecule has 0 aliphatic rings. The fourth-order valence-corrected chi connectivity index (χ4v) is 3.33. The second-order valence-electron chi connectivity index (χ2n) is 5.89. The number of aryl methyl sites for hydroxylation is 1.